The van der Waals surface area contributed by atoms with Gasteiger partial charge in [0.1, 0.15) is 0 Å². The lowest BCUT2D eigenvalue weighted by molar-refractivity contribution is 0.652. The van der Waals surface area contributed by atoms with Crippen LogP contribution in [0.2, 0.25) is 0 Å². The zero-order valence-electron chi connectivity index (χ0n) is 39.8. The number of rotatable bonds is 6. The Morgan fingerprint density at radius 1 is 0.352 bits per heavy atom. The molecule has 14 rings (SSSR count). The lowest BCUT2D eigenvalue weighted by Crippen LogP contribution is -2.18. The zero-order valence-corrected chi connectivity index (χ0v) is 39.8. The third-order valence-electron chi connectivity index (χ3n) is 15.5. The van der Waals surface area contributed by atoms with E-state index in [1.165, 1.54) is 71.7 Å². The molecule has 2 aliphatic carbocycles. The summed E-state index contributed by atoms with van der Waals surface area (Å²) in [5, 5.41) is 9.04. The Labute approximate surface area is 412 Å². The zero-order chi connectivity index (χ0) is 47.6. The molecule has 9 aromatic carbocycles. The fourth-order valence-electron chi connectivity index (χ4n) is 11.9. The predicted molar refractivity (Wildman–Crippen MR) is 292 cm³/mol. The van der Waals surface area contributed by atoms with Crippen molar-refractivity contribution >= 4 is 60.2 Å². The summed E-state index contributed by atoms with van der Waals surface area (Å²) in [5.74, 6) is 1.82. The van der Waals surface area contributed by atoms with Crippen molar-refractivity contribution < 1.29 is 0 Å². The number of nitrogens with zero attached hydrogens (tertiary/aromatic N) is 6. The van der Waals surface area contributed by atoms with Gasteiger partial charge in [0.25, 0.3) is 0 Å². The second-order valence-electron chi connectivity index (χ2n) is 20.1. The minimum Gasteiger partial charge on any atom is -0.309 e. The molecular formula is C65H46N6. The maximum Gasteiger partial charge on any atom is 0.164 e. The molecule has 0 N–H and O–H groups in total. The number of anilines is 3. The third-order valence-corrected chi connectivity index (χ3v) is 15.5. The molecule has 0 unspecified atom stereocenters. The average molecular weight is 911 g/mol. The van der Waals surface area contributed by atoms with E-state index in [1.54, 1.807) is 0 Å². The van der Waals surface area contributed by atoms with E-state index in [9.17, 15) is 0 Å². The van der Waals surface area contributed by atoms with Crippen LogP contribution >= 0.6 is 0 Å². The van der Waals surface area contributed by atoms with Gasteiger partial charge in [-0.2, -0.15) is 0 Å². The quantitative estimate of drug-likeness (QED) is 0.166. The van der Waals surface area contributed by atoms with Crippen molar-refractivity contribution in [2.24, 2.45) is 0 Å². The summed E-state index contributed by atoms with van der Waals surface area (Å²) in [6.45, 7) is 9.56. The van der Waals surface area contributed by atoms with Gasteiger partial charge in [0.15, 0.2) is 17.5 Å². The number of para-hydroxylation sites is 1. The first-order valence-corrected chi connectivity index (χ1v) is 24.4. The van der Waals surface area contributed by atoms with Gasteiger partial charge >= 0.3 is 0 Å². The highest BCUT2D eigenvalue weighted by molar-refractivity contribution is 6.12. The Hall–Kier alpha value is -8.87. The highest BCUT2D eigenvalue weighted by Gasteiger charge is 2.43. The number of aromatic nitrogens is 5. The Morgan fingerprint density at radius 3 is 1.59 bits per heavy atom. The number of fused-ring (bicyclic) bond motifs is 11. The number of benzene rings is 9. The van der Waals surface area contributed by atoms with Gasteiger partial charge in [-0.1, -0.05) is 155 Å². The molecular weight excluding hydrogens is 865 g/mol. The largest absolute Gasteiger partial charge is 0.309 e. The van der Waals surface area contributed by atoms with Gasteiger partial charge in [-0.05, 0) is 121 Å². The first-order valence-electron chi connectivity index (χ1n) is 24.4. The van der Waals surface area contributed by atoms with Crippen molar-refractivity contribution in [3.8, 4) is 56.4 Å². The van der Waals surface area contributed by atoms with Crippen LogP contribution in [0.1, 0.15) is 49.9 Å². The summed E-state index contributed by atoms with van der Waals surface area (Å²) in [6.07, 6.45) is 7.44. The van der Waals surface area contributed by atoms with E-state index in [1.807, 2.05) is 36.9 Å². The molecule has 0 radical (unpaired) electrons. The Kier molecular flexibility index (Phi) is 8.87. The van der Waals surface area contributed by atoms with Crippen LogP contribution in [0.15, 0.2) is 207 Å². The molecule has 0 fully saturated rings. The molecule has 0 aliphatic heterocycles. The highest BCUT2D eigenvalue weighted by Crippen LogP contribution is 2.59. The normalized spacial score (nSPS) is 13.9. The second kappa shape index (κ2) is 15.3. The predicted octanol–water partition coefficient (Wildman–Crippen LogP) is 16.4. The van der Waals surface area contributed by atoms with Crippen molar-refractivity contribution in [1.29, 1.82) is 0 Å². The molecule has 336 valence electrons. The third kappa shape index (κ3) is 6.17. The molecule has 12 aromatic rings. The van der Waals surface area contributed by atoms with Crippen molar-refractivity contribution in [3.05, 3.63) is 229 Å². The summed E-state index contributed by atoms with van der Waals surface area (Å²) in [6, 6.07) is 66.1. The number of hydrogen-bond donors (Lipinski definition) is 0. The topological polar surface area (TPSA) is 67.7 Å². The van der Waals surface area contributed by atoms with E-state index in [0.29, 0.717) is 17.5 Å². The first kappa shape index (κ1) is 41.1. The first-order chi connectivity index (χ1) is 34.7. The van der Waals surface area contributed by atoms with Gasteiger partial charge in [0.05, 0.1) is 11.4 Å². The molecule has 3 aromatic heterocycles. The van der Waals surface area contributed by atoms with Gasteiger partial charge in [-0.15, -0.1) is 0 Å². The standard InChI is InChI=1S/C65H46N6/c1-64(2)54-33-42(61-68-62(48-24-12-16-40-29-31-66-37-52(40)48)70-63(69-61)49-25-13-17-41-30-32-67-38-53(41)49)27-28-45(54)50-34-56-51(35-55(50)64)60-47-23-11-10-22-46(47)59(36-57(60)65(56,3)4)71(43-19-6-5-7-20-43)58-26-14-18-39-15-8-9-21-44(39)58/h5-38H,1-4H3. The molecule has 0 spiro atoms. The molecule has 0 saturated heterocycles. The van der Waals surface area contributed by atoms with Crippen LogP contribution in [-0.4, -0.2) is 24.9 Å². The summed E-state index contributed by atoms with van der Waals surface area (Å²) in [5.41, 5.74) is 16.0. The van der Waals surface area contributed by atoms with E-state index in [0.717, 1.165) is 49.6 Å². The molecule has 6 nitrogen and oxygen atoms in total. The lowest BCUT2D eigenvalue weighted by Gasteiger charge is -2.30. The lowest BCUT2D eigenvalue weighted by atomic mass is 9.79. The molecule has 0 amide bonds. The minimum absolute atomic E-state index is 0.293. The fraction of sp³-hybridized carbons (Fsp3) is 0.0923. The second-order valence-corrected chi connectivity index (χ2v) is 20.1. The van der Waals surface area contributed by atoms with E-state index in [4.69, 9.17) is 15.0 Å². The average Bonchev–Trinajstić information content (AvgIpc) is 3.79. The van der Waals surface area contributed by atoms with E-state index < -0.39 is 0 Å². The van der Waals surface area contributed by atoms with Crippen LogP contribution < -0.4 is 4.90 Å². The fourth-order valence-corrected chi connectivity index (χ4v) is 11.9. The SMILES string of the molecule is CC1(C)c2cc(-c3nc(-c4cccc5ccncc45)nc(-c4cccc5ccncc45)n3)ccc2-c2cc3c(cc21)-c1c(cc(N(c2ccccc2)c2cccc4ccccc24)c2ccccc12)C3(C)C. The van der Waals surface area contributed by atoms with Gasteiger partial charge in [0.2, 0.25) is 0 Å². The molecule has 0 atom stereocenters. The Morgan fingerprint density at radius 2 is 0.887 bits per heavy atom. The molecule has 3 heterocycles. The maximum absolute atomic E-state index is 5.28. The Bertz CT molecular complexity index is 4080. The summed E-state index contributed by atoms with van der Waals surface area (Å²) in [7, 11) is 0. The molecule has 6 heteroatoms. The van der Waals surface area contributed by atoms with Crippen LogP contribution in [0.3, 0.4) is 0 Å². The smallest absolute Gasteiger partial charge is 0.164 e. The molecule has 71 heavy (non-hydrogen) atoms. The van der Waals surface area contributed by atoms with Crippen LogP contribution in [0, 0.1) is 0 Å². The summed E-state index contributed by atoms with van der Waals surface area (Å²) in [4.78, 5) is 27.2. The summed E-state index contributed by atoms with van der Waals surface area (Å²) < 4.78 is 0. The van der Waals surface area contributed by atoms with Crippen molar-refractivity contribution in [2.45, 2.75) is 38.5 Å². The van der Waals surface area contributed by atoms with E-state index >= 15 is 0 Å². The van der Waals surface area contributed by atoms with Crippen LogP contribution in [0.25, 0.3) is 99.5 Å². The number of hydrogen-bond acceptors (Lipinski definition) is 6. The molecule has 0 bridgehead atoms. The maximum atomic E-state index is 5.28. The van der Waals surface area contributed by atoms with Gasteiger partial charge in [-0.25, -0.2) is 15.0 Å². The van der Waals surface area contributed by atoms with Crippen LogP contribution in [0.4, 0.5) is 17.1 Å². The van der Waals surface area contributed by atoms with E-state index in [-0.39, 0.29) is 10.8 Å². The van der Waals surface area contributed by atoms with Crippen LogP contribution in [0.5, 0.6) is 0 Å². The molecule has 0 saturated carbocycles. The van der Waals surface area contributed by atoms with Crippen molar-refractivity contribution in [1.82, 2.24) is 24.9 Å². The van der Waals surface area contributed by atoms with Gasteiger partial charge in [0, 0.05) is 79.5 Å². The van der Waals surface area contributed by atoms with Gasteiger partial charge < -0.3 is 4.90 Å². The minimum atomic E-state index is -0.321. The monoisotopic (exact) mass is 910 g/mol. The Balaban J connectivity index is 0.926. The van der Waals surface area contributed by atoms with E-state index in [2.05, 4.69) is 212 Å². The highest BCUT2D eigenvalue weighted by atomic mass is 15.1. The summed E-state index contributed by atoms with van der Waals surface area (Å²) >= 11 is 0. The molecule has 2 aliphatic rings. The van der Waals surface area contributed by atoms with Crippen molar-refractivity contribution in [2.75, 3.05) is 4.90 Å². The number of pyridine rings is 2. The van der Waals surface area contributed by atoms with Crippen LogP contribution in [-0.2, 0) is 10.8 Å². The van der Waals surface area contributed by atoms with Crippen molar-refractivity contribution in [3.63, 3.8) is 0 Å². The van der Waals surface area contributed by atoms with Gasteiger partial charge in [-0.3, -0.25) is 9.97 Å².